The van der Waals surface area contributed by atoms with Crippen LogP contribution in [0.1, 0.15) is 245 Å². The quantitative estimate of drug-likeness (QED) is 0.0199. The van der Waals surface area contributed by atoms with Crippen molar-refractivity contribution in [3.8, 4) is 0 Å². The summed E-state index contributed by atoms with van der Waals surface area (Å²) in [4.78, 5) is 13.4. The number of hydrogen-bond donors (Lipinski definition) is 12. The summed E-state index contributed by atoms with van der Waals surface area (Å²) in [6, 6.07) is -0.995. The highest BCUT2D eigenvalue weighted by Gasteiger charge is 2.53. The van der Waals surface area contributed by atoms with Crippen LogP contribution in [0.15, 0.2) is 60.8 Å². The van der Waals surface area contributed by atoms with Crippen LogP contribution in [0.25, 0.3) is 0 Å². The molecule has 19 nitrogen and oxygen atoms in total. The second-order valence-electron chi connectivity index (χ2n) is 25.0. The smallest absolute Gasteiger partial charge is 0.220 e. The maximum atomic E-state index is 13.4. The highest BCUT2D eigenvalue weighted by atomic mass is 16.8. The van der Waals surface area contributed by atoms with Gasteiger partial charge in [0.15, 0.2) is 18.9 Å². The van der Waals surface area contributed by atoms with Crippen molar-refractivity contribution in [3.63, 3.8) is 0 Å². The molecule has 3 fully saturated rings. The number of rotatable bonds is 53. The van der Waals surface area contributed by atoms with Crippen LogP contribution in [0.3, 0.4) is 0 Å². The van der Waals surface area contributed by atoms with Crippen LogP contribution in [0.2, 0.25) is 0 Å². The van der Waals surface area contributed by atoms with Gasteiger partial charge in [-0.05, 0) is 70.6 Å². The summed E-state index contributed by atoms with van der Waals surface area (Å²) in [7, 11) is 0. The summed E-state index contributed by atoms with van der Waals surface area (Å²) in [5.74, 6) is -0.290. The van der Waals surface area contributed by atoms with Crippen molar-refractivity contribution in [2.24, 2.45) is 0 Å². The molecule has 3 aliphatic rings. The Hall–Kier alpha value is -2.51. The number of unbranched alkanes of at least 4 members (excludes halogenated alkanes) is 29. The molecule has 12 N–H and O–H groups in total. The molecule has 0 aromatic carbocycles. The third-order valence-electron chi connectivity index (χ3n) is 17.2. The first-order chi connectivity index (χ1) is 43.3. The molecular formula is C70H125NO18. The third-order valence-corrected chi connectivity index (χ3v) is 17.2. The van der Waals surface area contributed by atoms with Crippen molar-refractivity contribution < 1.29 is 89.4 Å². The van der Waals surface area contributed by atoms with E-state index in [1.54, 1.807) is 6.08 Å². The van der Waals surface area contributed by atoms with E-state index >= 15 is 0 Å². The van der Waals surface area contributed by atoms with Crippen LogP contribution in [-0.4, -0.2) is 193 Å². The molecule has 0 aromatic rings. The van der Waals surface area contributed by atoms with Gasteiger partial charge in [0.25, 0.3) is 0 Å². The average molecular weight is 1270 g/mol. The van der Waals surface area contributed by atoms with Gasteiger partial charge in [-0.2, -0.15) is 0 Å². The Labute approximate surface area is 535 Å². The molecule has 0 spiro atoms. The Balaban J connectivity index is 1.34. The minimum Gasteiger partial charge on any atom is -0.394 e. The number of amides is 1. The number of aliphatic hydroxyl groups is 11. The molecule has 17 unspecified atom stereocenters. The number of ether oxygens (including phenoxy) is 6. The highest BCUT2D eigenvalue weighted by molar-refractivity contribution is 5.76. The minimum absolute atomic E-state index is 0.232. The topological polar surface area (TPSA) is 307 Å². The summed E-state index contributed by atoms with van der Waals surface area (Å²) in [5, 5.41) is 120. The molecular weight excluding hydrogens is 1140 g/mol. The Bertz CT molecular complexity index is 1850. The van der Waals surface area contributed by atoms with E-state index in [0.29, 0.717) is 12.8 Å². The first-order valence-electron chi connectivity index (χ1n) is 35.0. The lowest BCUT2D eigenvalue weighted by Crippen LogP contribution is -2.66. The fraction of sp³-hybridized carbons (Fsp3) is 0.843. The Kier molecular flexibility index (Phi) is 47.0. The zero-order valence-electron chi connectivity index (χ0n) is 54.6. The van der Waals surface area contributed by atoms with Gasteiger partial charge in [0.2, 0.25) is 5.91 Å². The second-order valence-corrected chi connectivity index (χ2v) is 25.0. The van der Waals surface area contributed by atoms with E-state index in [1.807, 2.05) is 6.08 Å². The molecule has 0 radical (unpaired) electrons. The standard InChI is InChI=1S/C70H125NO18/c1-3-5-7-9-11-13-15-16-17-18-19-20-21-22-23-24-25-26-27-28-29-30-31-32-33-34-35-36-38-40-42-44-46-48-58(76)71-53(54(75)47-45-43-41-39-37-14-12-10-8-6-4-2)52-84-68-64(82)61(79)66(56(50-73)86-68)89-70-65(83)62(80)67(57(51-74)87-70)88-69-63(81)60(78)59(77)55(49-72)85-69/h8,10,15-16,18-19,37,39,45,47,53-57,59-70,72-75,77-83H,3-7,9,11-14,17,20-36,38,40-44,46,48-52H2,1-2H3,(H,71,76)/b10-8+,16-15-,19-18-,39-37+,47-45+. The molecule has 1 amide bonds. The van der Waals surface area contributed by atoms with Crippen LogP contribution >= 0.6 is 0 Å². The SMILES string of the molecule is CCC/C=C/CC/C=C/CC/C=C/C(O)C(COC1OC(CO)C(OC2OC(CO)C(OC3OC(CO)C(O)C(O)C3O)C(O)C2O)C(O)C1O)NC(=O)CCCCCCCCCCCCCCCCCCCCCCC/C=C\C/C=C\CCCCCCC. The van der Waals surface area contributed by atoms with Crippen LogP contribution in [-0.2, 0) is 33.2 Å². The van der Waals surface area contributed by atoms with Crippen LogP contribution < -0.4 is 5.32 Å². The van der Waals surface area contributed by atoms with Crippen molar-refractivity contribution in [1.82, 2.24) is 5.32 Å². The number of hydrogen-bond acceptors (Lipinski definition) is 18. The average Bonchev–Trinajstić information content (AvgIpc) is 1.35. The maximum Gasteiger partial charge on any atom is 0.220 e. The van der Waals surface area contributed by atoms with Gasteiger partial charge in [0.1, 0.15) is 73.2 Å². The Morgan fingerprint density at radius 3 is 1.22 bits per heavy atom. The van der Waals surface area contributed by atoms with Gasteiger partial charge in [0, 0.05) is 6.42 Å². The van der Waals surface area contributed by atoms with Gasteiger partial charge < -0.3 is 89.9 Å². The van der Waals surface area contributed by atoms with Crippen molar-refractivity contribution in [2.45, 2.75) is 349 Å². The molecule has 19 heteroatoms. The number of nitrogens with one attached hydrogen (secondary N) is 1. The van der Waals surface area contributed by atoms with E-state index in [-0.39, 0.29) is 18.9 Å². The van der Waals surface area contributed by atoms with Gasteiger partial charge in [-0.3, -0.25) is 4.79 Å². The lowest BCUT2D eigenvalue weighted by molar-refractivity contribution is -0.379. The summed E-state index contributed by atoms with van der Waals surface area (Å²) < 4.78 is 34.2. The summed E-state index contributed by atoms with van der Waals surface area (Å²) in [6.07, 6.45) is 36.7. The zero-order valence-corrected chi connectivity index (χ0v) is 54.6. The second kappa shape index (κ2) is 51.8. The molecule has 89 heavy (non-hydrogen) atoms. The van der Waals surface area contributed by atoms with Crippen molar-refractivity contribution in [3.05, 3.63) is 60.8 Å². The van der Waals surface area contributed by atoms with E-state index < -0.39 is 124 Å². The molecule has 3 aliphatic heterocycles. The van der Waals surface area contributed by atoms with E-state index in [1.165, 1.54) is 154 Å². The molecule has 3 heterocycles. The van der Waals surface area contributed by atoms with Crippen molar-refractivity contribution in [2.75, 3.05) is 26.4 Å². The van der Waals surface area contributed by atoms with E-state index in [9.17, 15) is 61.0 Å². The number of allylic oxidation sites excluding steroid dienone is 9. The van der Waals surface area contributed by atoms with Crippen LogP contribution in [0, 0.1) is 0 Å². The minimum atomic E-state index is -1.98. The van der Waals surface area contributed by atoms with E-state index in [4.69, 9.17) is 28.4 Å². The molecule has 17 atom stereocenters. The third kappa shape index (κ3) is 33.9. The molecule has 0 saturated carbocycles. The van der Waals surface area contributed by atoms with Gasteiger partial charge in [-0.25, -0.2) is 0 Å². The maximum absolute atomic E-state index is 13.4. The summed E-state index contributed by atoms with van der Waals surface area (Å²) in [5.41, 5.74) is 0. The van der Waals surface area contributed by atoms with Crippen molar-refractivity contribution >= 4 is 5.91 Å². The monoisotopic (exact) mass is 1270 g/mol. The molecule has 3 saturated heterocycles. The van der Waals surface area contributed by atoms with Gasteiger partial charge in [-0.1, -0.05) is 229 Å². The Morgan fingerprint density at radius 1 is 0.404 bits per heavy atom. The van der Waals surface area contributed by atoms with Crippen LogP contribution in [0.4, 0.5) is 0 Å². The molecule has 0 aromatic heterocycles. The molecule has 518 valence electrons. The Morgan fingerprint density at radius 2 is 0.775 bits per heavy atom. The highest BCUT2D eigenvalue weighted by Crippen LogP contribution is 2.33. The largest absolute Gasteiger partial charge is 0.394 e. The summed E-state index contributed by atoms with van der Waals surface area (Å²) >= 11 is 0. The zero-order chi connectivity index (χ0) is 64.7. The molecule has 0 bridgehead atoms. The first kappa shape index (κ1) is 80.7. The predicted molar refractivity (Wildman–Crippen MR) is 346 cm³/mol. The number of carbonyl (C=O) groups excluding carboxylic acids is 1. The molecule has 3 rings (SSSR count). The van der Waals surface area contributed by atoms with Crippen LogP contribution in [0.5, 0.6) is 0 Å². The normalized spacial score (nSPS) is 28.6. The lowest BCUT2D eigenvalue weighted by atomic mass is 9.96. The fourth-order valence-electron chi connectivity index (χ4n) is 11.6. The summed E-state index contributed by atoms with van der Waals surface area (Å²) in [6.45, 7) is 1.61. The lowest BCUT2D eigenvalue weighted by Gasteiger charge is -2.48. The number of aliphatic hydroxyl groups excluding tert-OH is 11. The number of carbonyl (C=O) groups is 1. The van der Waals surface area contributed by atoms with Gasteiger partial charge in [0.05, 0.1) is 38.6 Å². The van der Waals surface area contributed by atoms with Gasteiger partial charge >= 0.3 is 0 Å². The first-order valence-corrected chi connectivity index (χ1v) is 35.0. The van der Waals surface area contributed by atoms with Crippen molar-refractivity contribution in [1.29, 1.82) is 0 Å². The van der Waals surface area contributed by atoms with E-state index in [0.717, 1.165) is 57.8 Å². The fourth-order valence-corrected chi connectivity index (χ4v) is 11.6. The predicted octanol–water partition coefficient (Wildman–Crippen LogP) is 9.16. The molecule has 0 aliphatic carbocycles. The van der Waals surface area contributed by atoms with Gasteiger partial charge in [-0.15, -0.1) is 0 Å². The van der Waals surface area contributed by atoms with E-state index in [2.05, 4.69) is 67.8 Å².